The lowest BCUT2D eigenvalue weighted by molar-refractivity contribution is -0.133. The highest BCUT2D eigenvalue weighted by molar-refractivity contribution is 7.89. The number of hydrogen-bond donors (Lipinski definition) is 1. The fraction of sp³-hybridized carbons (Fsp3) is 0.500. The summed E-state index contributed by atoms with van der Waals surface area (Å²) >= 11 is 0. The molecule has 0 radical (unpaired) electrons. The molecule has 1 aromatic carbocycles. The summed E-state index contributed by atoms with van der Waals surface area (Å²) in [6.07, 6.45) is 4.64. The van der Waals surface area contributed by atoms with Crippen molar-refractivity contribution in [2.24, 2.45) is 0 Å². The lowest BCUT2D eigenvalue weighted by Gasteiger charge is -2.35. The summed E-state index contributed by atoms with van der Waals surface area (Å²) in [4.78, 5) is 28.0. The van der Waals surface area contributed by atoms with Crippen LogP contribution < -0.4 is 5.32 Å². The summed E-state index contributed by atoms with van der Waals surface area (Å²) < 4.78 is 27.2. The normalized spacial score (nSPS) is 19.0. The van der Waals surface area contributed by atoms with Gasteiger partial charge in [0, 0.05) is 31.9 Å². The van der Waals surface area contributed by atoms with Crippen LogP contribution in [0, 0.1) is 0 Å². The third-order valence-electron chi connectivity index (χ3n) is 5.34. The molecule has 0 unspecified atom stereocenters. The second-order valence-electron chi connectivity index (χ2n) is 7.34. The van der Waals surface area contributed by atoms with E-state index in [1.165, 1.54) is 22.9 Å². The molecular formula is C20H28N4O4S. The molecule has 2 aliphatic heterocycles. The van der Waals surface area contributed by atoms with E-state index in [9.17, 15) is 18.0 Å². The van der Waals surface area contributed by atoms with Gasteiger partial charge in [-0.05, 0) is 56.3 Å². The lowest BCUT2D eigenvalue weighted by atomic mass is 10.1. The van der Waals surface area contributed by atoms with Crippen molar-refractivity contribution in [1.82, 2.24) is 14.1 Å². The van der Waals surface area contributed by atoms with Crippen molar-refractivity contribution in [3.05, 3.63) is 36.9 Å². The van der Waals surface area contributed by atoms with Gasteiger partial charge in [0.15, 0.2) is 0 Å². The molecule has 2 heterocycles. The molecule has 2 aliphatic rings. The van der Waals surface area contributed by atoms with Crippen molar-refractivity contribution in [1.29, 1.82) is 0 Å². The van der Waals surface area contributed by atoms with Gasteiger partial charge in [0.2, 0.25) is 21.8 Å². The number of hydrogen-bond acceptors (Lipinski definition) is 5. The van der Waals surface area contributed by atoms with E-state index in [1.807, 2.05) is 0 Å². The standard InChI is InChI=1S/C20H28N4O4S/c1-2-19(25)21-17-6-8-18(9-7-17)29(27,28)24-14-12-23(13-15-24)20(26)16-22-10-4-3-5-11-22/h2,6-9H,1,3-5,10-16H2,(H,21,25). The average molecular weight is 421 g/mol. The fourth-order valence-electron chi connectivity index (χ4n) is 3.64. The highest BCUT2D eigenvalue weighted by Gasteiger charge is 2.30. The summed E-state index contributed by atoms with van der Waals surface area (Å²) in [5, 5.41) is 2.59. The molecule has 1 aromatic rings. The number of piperidine rings is 1. The zero-order valence-electron chi connectivity index (χ0n) is 16.5. The second kappa shape index (κ2) is 9.51. The van der Waals surface area contributed by atoms with E-state index in [0.717, 1.165) is 32.0 Å². The molecule has 9 heteroatoms. The van der Waals surface area contributed by atoms with E-state index in [4.69, 9.17) is 0 Å². The van der Waals surface area contributed by atoms with Gasteiger partial charge in [-0.15, -0.1) is 0 Å². The Kier molecular flexibility index (Phi) is 7.05. The Labute approximate surface area is 172 Å². The molecule has 0 spiro atoms. The Morgan fingerprint density at radius 2 is 1.59 bits per heavy atom. The van der Waals surface area contributed by atoms with Crippen molar-refractivity contribution in [3.8, 4) is 0 Å². The van der Waals surface area contributed by atoms with Gasteiger partial charge in [-0.25, -0.2) is 8.42 Å². The molecular weight excluding hydrogens is 392 g/mol. The number of nitrogens with one attached hydrogen (secondary N) is 1. The van der Waals surface area contributed by atoms with Crippen LogP contribution >= 0.6 is 0 Å². The van der Waals surface area contributed by atoms with Crippen LogP contribution in [0.25, 0.3) is 0 Å². The van der Waals surface area contributed by atoms with Gasteiger partial charge in [0.25, 0.3) is 0 Å². The zero-order valence-corrected chi connectivity index (χ0v) is 17.4. The summed E-state index contributed by atoms with van der Waals surface area (Å²) in [6.45, 7) is 7.09. The van der Waals surface area contributed by atoms with Gasteiger partial charge in [-0.2, -0.15) is 4.31 Å². The maximum absolute atomic E-state index is 12.9. The highest BCUT2D eigenvalue weighted by Crippen LogP contribution is 2.20. The molecule has 0 atom stereocenters. The number of carbonyl (C=O) groups is 2. The maximum Gasteiger partial charge on any atom is 0.247 e. The molecule has 29 heavy (non-hydrogen) atoms. The van der Waals surface area contributed by atoms with Gasteiger partial charge in [0.1, 0.15) is 0 Å². The Morgan fingerprint density at radius 3 is 2.17 bits per heavy atom. The van der Waals surface area contributed by atoms with Crippen molar-refractivity contribution in [3.63, 3.8) is 0 Å². The van der Waals surface area contributed by atoms with Crippen LogP contribution in [0.15, 0.2) is 41.8 Å². The topological polar surface area (TPSA) is 90.0 Å². The van der Waals surface area contributed by atoms with Crippen molar-refractivity contribution < 1.29 is 18.0 Å². The number of benzene rings is 1. The van der Waals surface area contributed by atoms with Crippen LogP contribution in [0.1, 0.15) is 19.3 Å². The van der Waals surface area contributed by atoms with E-state index in [-0.39, 0.29) is 29.8 Å². The van der Waals surface area contributed by atoms with Gasteiger partial charge >= 0.3 is 0 Å². The Balaban J connectivity index is 1.55. The van der Waals surface area contributed by atoms with E-state index in [1.54, 1.807) is 17.0 Å². The predicted molar refractivity (Wildman–Crippen MR) is 111 cm³/mol. The molecule has 8 nitrogen and oxygen atoms in total. The number of carbonyl (C=O) groups excluding carboxylic acids is 2. The van der Waals surface area contributed by atoms with Crippen molar-refractivity contribution in [2.45, 2.75) is 24.2 Å². The SMILES string of the molecule is C=CC(=O)Nc1ccc(S(=O)(=O)N2CCN(C(=O)CN3CCCCC3)CC2)cc1. The van der Waals surface area contributed by atoms with Crippen LogP contribution in [-0.2, 0) is 19.6 Å². The van der Waals surface area contributed by atoms with Crippen LogP contribution in [0.3, 0.4) is 0 Å². The van der Waals surface area contributed by atoms with Crippen LogP contribution in [-0.4, -0.2) is 80.2 Å². The zero-order chi connectivity index (χ0) is 20.9. The first-order valence-electron chi connectivity index (χ1n) is 9.94. The van der Waals surface area contributed by atoms with Crippen LogP contribution in [0.4, 0.5) is 5.69 Å². The van der Waals surface area contributed by atoms with E-state index in [2.05, 4.69) is 16.8 Å². The quantitative estimate of drug-likeness (QED) is 0.697. The summed E-state index contributed by atoms with van der Waals surface area (Å²) in [5.41, 5.74) is 0.502. The Hall–Kier alpha value is -2.23. The monoisotopic (exact) mass is 420 g/mol. The Morgan fingerprint density at radius 1 is 0.966 bits per heavy atom. The molecule has 2 amide bonds. The molecule has 2 fully saturated rings. The third-order valence-corrected chi connectivity index (χ3v) is 7.26. The smallest absolute Gasteiger partial charge is 0.247 e. The van der Waals surface area contributed by atoms with E-state index in [0.29, 0.717) is 25.3 Å². The summed E-state index contributed by atoms with van der Waals surface area (Å²) in [5.74, 6) is -0.280. The molecule has 0 aliphatic carbocycles. The minimum atomic E-state index is -3.64. The maximum atomic E-state index is 12.9. The van der Waals surface area contributed by atoms with E-state index >= 15 is 0 Å². The number of sulfonamides is 1. The fourth-order valence-corrected chi connectivity index (χ4v) is 5.06. The molecule has 3 rings (SSSR count). The van der Waals surface area contributed by atoms with Crippen molar-refractivity contribution in [2.75, 3.05) is 51.1 Å². The predicted octanol–water partition coefficient (Wildman–Crippen LogP) is 1.13. The first-order valence-corrected chi connectivity index (χ1v) is 11.4. The van der Waals surface area contributed by atoms with E-state index < -0.39 is 10.0 Å². The minimum absolute atomic E-state index is 0.0752. The summed E-state index contributed by atoms with van der Waals surface area (Å²) in [7, 11) is -3.64. The lowest BCUT2D eigenvalue weighted by Crippen LogP contribution is -2.52. The van der Waals surface area contributed by atoms with Crippen LogP contribution in [0.2, 0.25) is 0 Å². The number of likely N-dealkylation sites (tertiary alicyclic amines) is 1. The minimum Gasteiger partial charge on any atom is -0.339 e. The Bertz CT molecular complexity index is 840. The third kappa shape index (κ3) is 5.43. The molecule has 158 valence electrons. The number of piperazine rings is 1. The number of anilines is 1. The first-order chi connectivity index (χ1) is 13.9. The number of amides is 2. The second-order valence-corrected chi connectivity index (χ2v) is 9.28. The van der Waals surface area contributed by atoms with Gasteiger partial charge < -0.3 is 10.2 Å². The van der Waals surface area contributed by atoms with Crippen molar-refractivity contribution >= 4 is 27.5 Å². The molecule has 1 N–H and O–H groups in total. The molecule has 0 aromatic heterocycles. The molecule has 0 saturated carbocycles. The highest BCUT2D eigenvalue weighted by atomic mass is 32.2. The number of rotatable bonds is 6. The van der Waals surface area contributed by atoms with Gasteiger partial charge in [0.05, 0.1) is 11.4 Å². The van der Waals surface area contributed by atoms with Crippen LogP contribution in [0.5, 0.6) is 0 Å². The summed E-state index contributed by atoms with van der Waals surface area (Å²) in [6, 6.07) is 6.04. The number of nitrogens with zero attached hydrogens (tertiary/aromatic N) is 3. The molecule has 2 saturated heterocycles. The van der Waals surface area contributed by atoms with Gasteiger partial charge in [-0.1, -0.05) is 13.0 Å². The van der Waals surface area contributed by atoms with Gasteiger partial charge in [-0.3, -0.25) is 14.5 Å². The molecule has 0 bridgehead atoms. The average Bonchev–Trinajstić information content (AvgIpc) is 2.75. The first kappa shape index (κ1) is 21.5. The largest absolute Gasteiger partial charge is 0.339 e.